The van der Waals surface area contributed by atoms with E-state index in [1.165, 1.54) is 25.3 Å². The zero-order chi connectivity index (χ0) is 37.1. The average molecular weight is 747 g/mol. The first-order chi connectivity index (χ1) is 24.2. The second-order valence-electron chi connectivity index (χ2n) is 11.5. The monoisotopic (exact) mass is 746 g/mol. The minimum Gasteiger partial charge on any atom is -0.496 e. The Morgan fingerprint density at radius 3 is 2.27 bits per heavy atom. The van der Waals surface area contributed by atoms with Gasteiger partial charge in [-0.25, -0.2) is 12.7 Å². The first-order valence-corrected chi connectivity index (χ1v) is 17.4. The second kappa shape index (κ2) is 14.7. The van der Waals surface area contributed by atoms with E-state index in [4.69, 9.17) is 21.1 Å². The first kappa shape index (κ1) is 37.2. The standard InChI is InChI=1S/C35H34ClF3N4O7S/c1-5-42(19-18-41(2)24-14-16-40-17-15-24)32(44)22-34(26-8-6-7-9-29(26)48-3)27-20-23(36)10-12-28(27)43(33(34)45)51(46,47)31-13-11-25(21-30(31)49-4)50-35(37,38)39/h6-17,20-21H,5,18-19,22H2,1-4H3. The maximum Gasteiger partial charge on any atom is 0.573 e. The van der Waals surface area contributed by atoms with Crippen LogP contribution in [0.5, 0.6) is 17.2 Å². The predicted molar refractivity (Wildman–Crippen MR) is 184 cm³/mol. The molecule has 1 unspecified atom stereocenters. The van der Waals surface area contributed by atoms with Gasteiger partial charge in [0.15, 0.2) is 0 Å². The summed E-state index contributed by atoms with van der Waals surface area (Å²) < 4.78 is 83.3. The largest absolute Gasteiger partial charge is 0.573 e. The van der Waals surface area contributed by atoms with Crippen LogP contribution in [0.4, 0.5) is 24.5 Å². The molecule has 2 heterocycles. The highest BCUT2D eigenvalue weighted by atomic mass is 35.5. The van der Waals surface area contributed by atoms with Gasteiger partial charge in [-0.2, -0.15) is 0 Å². The Morgan fingerprint density at radius 2 is 1.63 bits per heavy atom. The number of pyridine rings is 1. The van der Waals surface area contributed by atoms with E-state index in [-0.39, 0.29) is 40.7 Å². The van der Waals surface area contributed by atoms with Crippen molar-refractivity contribution >= 4 is 44.8 Å². The third-order valence-corrected chi connectivity index (χ3v) is 10.6. The van der Waals surface area contributed by atoms with Gasteiger partial charge in [0.2, 0.25) is 5.91 Å². The fourth-order valence-electron chi connectivity index (χ4n) is 6.14. The molecular formula is C35H34ClF3N4O7S. The minimum atomic E-state index is -5.06. The molecular weight excluding hydrogens is 713 g/mol. The number of fused-ring (bicyclic) bond motifs is 1. The summed E-state index contributed by atoms with van der Waals surface area (Å²) in [5.74, 6) is -2.53. The molecule has 0 saturated heterocycles. The highest BCUT2D eigenvalue weighted by Gasteiger charge is 2.58. The molecule has 0 N–H and O–H groups in total. The summed E-state index contributed by atoms with van der Waals surface area (Å²) in [6.45, 7) is 2.75. The Kier molecular flexibility index (Phi) is 10.7. The maximum atomic E-state index is 15.1. The Labute approximate surface area is 298 Å². The van der Waals surface area contributed by atoms with Crippen LogP contribution >= 0.6 is 11.6 Å². The van der Waals surface area contributed by atoms with E-state index in [1.807, 2.05) is 24.1 Å². The number of aromatic nitrogens is 1. The molecule has 16 heteroatoms. The number of para-hydroxylation sites is 1. The highest BCUT2D eigenvalue weighted by molar-refractivity contribution is 7.93. The number of hydrogen-bond donors (Lipinski definition) is 0. The SMILES string of the molecule is CCN(CCN(C)c1ccncc1)C(=O)CC1(c2ccccc2OC)C(=O)N(S(=O)(=O)c2ccc(OC(F)(F)F)cc2OC)c2ccc(Cl)cc21. The summed E-state index contributed by atoms with van der Waals surface area (Å²) in [6, 6.07) is 16.7. The van der Waals surface area contributed by atoms with Crippen LogP contribution in [0.1, 0.15) is 24.5 Å². The average Bonchev–Trinajstić information content (AvgIpc) is 3.35. The van der Waals surface area contributed by atoms with Gasteiger partial charge in [0.05, 0.1) is 19.9 Å². The lowest BCUT2D eigenvalue weighted by molar-refractivity contribution is -0.274. The molecule has 5 rings (SSSR count). The lowest BCUT2D eigenvalue weighted by atomic mass is 9.72. The number of amides is 2. The lowest BCUT2D eigenvalue weighted by Crippen LogP contribution is -2.48. The van der Waals surface area contributed by atoms with Crippen LogP contribution in [0.2, 0.25) is 5.02 Å². The number of halogens is 4. The Balaban J connectivity index is 1.64. The number of carbonyl (C=O) groups excluding carboxylic acids is 2. The molecule has 270 valence electrons. The van der Waals surface area contributed by atoms with Gasteiger partial charge in [-0.05, 0) is 61.0 Å². The van der Waals surface area contributed by atoms with E-state index in [1.54, 1.807) is 48.5 Å². The molecule has 1 aliphatic heterocycles. The maximum absolute atomic E-state index is 15.1. The number of hydrogen-bond acceptors (Lipinski definition) is 9. The van der Waals surface area contributed by atoms with Crippen molar-refractivity contribution in [1.29, 1.82) is 0 Å². The molecule has 0 bridgehead atoms. The van der Waals surface area contributed by atoms with E-state index in [9.17, 15) is 26.4 Å². The number of methoxy groups -OCH3 is 2. The van der Waals surface area contributed by atoms with E-state index >= 15 is 4.79 Å². The van der Waals surface area contributed by atoms with Crippen molar-refractivity contribution in [2.45, 2.75) is 30.0 Å². The number of alkyl halides is 3. The van der Waals surface area contributed by atoms with Gasteiger partial charge in [-0.3, -0.25) is 14.6 Å². The number of benzene rings is 3. The summed E-state index contributed by atoms with van der Waals surface area (Å²) in [7, 11) is -0.623. The molecule has 0 radical (unpaired) electrons. The Bertz CT molecular complexity index is 2040. The van der Waals surface area contributed by atoms with Crippen molar-refractivity contribution in [3.63, 3.8) is 0 Å². The number of rotatable bonds is 13. The van der Waals surface area contributed by atoms with Gasteiger partial charge < -0.3 is 24.0 Å². The van der Waals surface area contributed by atoms with Crippen LogP contribution < -0.4 is 23.4 Å². The van der Waals surface area contributed by atoms with E-state index in [0.717, 1.165) is 31.0 Å². The van der Waals surface area contributed by atoms with Gasteiger partial charge in [0, 0.05) is 67.8 Å². The highest BCUT2D eigenvalue weighted by Crippen LogP contribution is 2.53. The van der Waals surface area contributed by atoms with Gasteiger partial charge >= 0.3 is 6.36 Å². The summed E-state index contributed by atoms with van der Waals surface area (Å²) in [6.07, 6.45) is -2.27. The van der Waals surface area contributed by atoms with Crippen molar-refractivity contribution in [1.82, 2.24) is 9.88 Å². The molecule has 1 aliphatic rings. The van der Waals surface area contributed by atoms with Gasteiger partial charge in [-0.15, -0.1) is 13.2 Å². The van der Waals surface area contributed by atoms with Crippen LogP contribution in [0, 0.1) is 0 Å². The molecule has 0 aliphatic carbocycles. The van der Waals surface area contributed by atoms with Crippen LogP contribution in [-0.4, -0.2) is 77.4 Å². The Hall–Kier alpha value is -5.02. The molecule has 11 nitrogen and oxygen atoms in total. The topological polar surface area (TPSA) is 119 Å². The Morgan fingerprint density at radius 1 is 0.941 bits per heavy atom. The normalized spacial score (nSPS) is 15.7. The summed E-state index contributed by atoms with van der Waals surface area (Å²) >= 11 is 6.48. The fourth-order valence-corrected chi connectivity index (χ4v) is 7.94. The second-order valence-corrected chi connectivity index (χ2v) is 13.7. The number of likely N-dealkylation sites (N-methyl/N-ethyl adjacent to an activating group) is 2. The van der Waals surface area contributed by atoms with Crippen molar-refractivity contribution in [3.05, 3.63) is 101 Å². The molecule has 0 saturated carbocycles. The van der Waals surface area contributed by atoms with E-state index in [0.29, 0.717) is 10.8 Å². The third-order valence-electron chi connectivity index (χ3n) is 8.60. The van der Waals surface area contributed by atoms with Gasteiger partial charge in [-0.1, -0.05) is 29.8 Å². The van der Waals surface area contributed by atoms with E-state index in [2.05, 4.69) is 9.72 Å². The number of nitrogens with zero attached hydrogens (tertiary/aromatic N) is 4. The lowest BCUT2D eigenvalue weighted by Gasteiger charge is -2.33. The quantitative estimate of drug-likeness (QED) is 0.161. The zero-order valence-electron chi connectivity index (χ0n) is 28.0. The van der Waals surface area contributed by atoms with Crippen LogP contribution in [0.25, 0.3) is 0 Å². The first-order valence-electron chi connectivity index (χ1n) is 15.5. The molecule has 0 spiro atoms. The van der Waals surface area contributed by atoms with E-state index < -0.39 is 56.4 Å². The van der Waals surface area contributed by atoms with Crippen molar-refractivity contribution in [3.8, 4) is 17.2 Å². The third kappa shape index (κ3) is 7.26. The molecule has 3 aromatic carbocycles. The number of anilines is 2. The molecule has 51 heavy (non-hydrogen) atoms. The fraction of sp³-hybridized carbons (Fsp3) is 0.286. The van der Waals surface area contributed by atoms with Crippen molar-refractivity contribution in [2.24, 2.45) is 0 Å². The number of carbonyl (C=O) groups is 2. The molecule has 0 fully saturated rings. The number of ether oxygens (including phenoxy) is 3. The van der Waals surface area contributed by atoms with Gasteiger partial charge in [0.25, 0.3) is 15.9 Å². The van der Waals surface area contributed by atoms with Crippen LogP contribution in [0.15, 0.2) is 90.1 Å². The summed E-state index contributed by atoms with van der Waals surface area (Å²) in [5, 5.41) is 0.157. The molecule has 1 atom stereocenters. The smallest absolute Gasteiger partial charge is 0.496 e. The van der Waals surface area contributed by atoms with Crippen molar-refractivity contribution < 1.29 is 45.4 Å². The summed E-state index contributed by atoms with van der Waals surface area (Å²) in [5.41, 5.74) is -0.891. The van der Waals surface area contributed by atoms with Crippen molar-refractivity contribution in [2.75, 3.05) is 50.1 Å². The van der Waals surface area contributed by atoms with Crippen LogP contribution in [-0.2, 0) is 25.0 Å². The van der Waals surface area contributed by atoms with Gasteiger partial charge in [0.1, 0.15) is 27.6 Å². The van der Waals surface area contributed by atoms with Crippen LogP contribution in [0.3, 0.4) is 0 Å². The molecule has 4 aromatic rings. The molecule has 1 aromatic heterocycles. The minimum absolute atomic E-state index is 0.110. The number of sulfonamides is 1. The summed E-state index contributed by atoms with van der Waals surface area (Å²) in [4.78, 5) is 36.4. The zero-order valence-corrected chi connectivity index (χ0v) is 29.6. The molecule has 2 amide bonds. The predicted octanol–water partition coefficient (Wildman–Crippen LogP) is 6.05.